The highest BCUT2D eigenvalue weighted by atomic mass is 35.5. The molecular weight excluding hydrogens is 396 g/mol. The molecule has 6 nitrogen and oxygen atoms in total. The number of halogens is 3. The predicted molar refractivity (Wildman–Crippen MR) is 98.1 cm³/mol. The number of nitrogens with zero attached hydrogens (tertiary/aromatic N) is 1. The molecule has 2 aromatic carbocycles. The van der Waals surface area contributed by atoms with Crippen LogP contribution in [-0.4, -0.2) is 33.2 Å². The second kappa shape index (κ2) is 7.85. The highest BCUT2D eigenvalue weighted by Gasteiger charge is 2.27. The van der Waals surface area contributed by atoms with Gasteiger partial charge in [0, 0.05) is 0 Å². The molecule has 0 spiro atoms. The number of cyclic esters (lactones) is 1. The van der Waals surface area contributed by atoms with Crippen molar-refractivity contribution in [1.29, 1.82) is 0 Å². The molecule has 0 aromatic heterocycles. The van der Waals surface area contributed by atoms with E-state index in [0.717, 1.165) is 12.1 Å². The second-order valence-electron chi connectivity index (χ2n) is 5.54. The highest BCUT2D eigenvalue weighted by Crippen LogP contribution is 2.39. The fourth-order valence-corrected chi connectivity index (χ4v) is 2.78. The lowest BCUT2D eigenvalue weighted by Gasteiger charge is -2.12. The Morgan fingerprint density at radius 2 is 1.61 bits per heavy atom. The van der Waals surface area contributed by atoms with Crippen molar-refractivity contribution >= 4 is 29.5 Å². The van der Waals surface area contributed by atoms with Crippen LogP contribution >= 0.6 is 11.6 Å². The molecule has 0 atom stereocenters. The number of hydrogen-bond acceptors (Lipinski definition) is 6. The van der Waals surface area contributed by atoms with Crippen molar-refractivity contribution in [3.8, 4) is 17.2 Å². The SMILES string of the molecule is COc1cc(/C=C2/N=C(c3cc(F)c(F)cc3Cl)OC2=O)cc(OC)c1OC. The van der Waals surface area contributed by atoms with Crippen molar-refractivity contribution in [3.63, 3.8) is 0 Å². The molecule has 0 aliphatic carbocycles. The van der Waals surface area contributed by atoms with Gasteiger partial charge in [-0.2, -0.15) is 0 Å². The smallest absolute Gasteiger partial charge is 0.363 e. The monoisotopic (exact) mass is 409 g/mol. The summed E-state index contributed by atoms with van der Waals surface area (Å²) in [5.74, 6) is -2.11. The summed E-state index contributed by atoms with van der Waals surface area (Å²) < 4.78 is 47.6. The van der Waals surface area contributed by atoms with Gasteiger partial charge in [0.15, 0.2) is 28.8 Å². The summed E-state index contributed by atoms with van der Waals surface area (Å²) in [6.07, 6.45) is 1.42. The van der Waals surface area contributed by atoms with Gasteiger partial charge in [0.25, 0.3) is 0 Å². The fourth-order valence-electron chi connectivity index (χ4n) is 2.55. The lowest BCUT2D eigenvalue weighted by Crippen LogP contribution is -2.07. The van der Waals surface area contributed by atoms with Crippen molar-refractivity contribution in [1.82, 2.24) is 0 Å². The van der Waals surface area contributed by atoms with Crippen LogP contribution in [-0.2, 0) is 9.53 Å². The molecule has 2 aromatic rings. The van der Waals surface area contributed by atoms with E-state index in [-0.39, 0.29) is 22.2 Å². The summed E-state index contributed by atoms with van der Waals surface area (Å²) in [6.45, 7) is 0. The van der Waals surface area contributed by atoms with E-state index in [0.29, 0.717) is 22.8 Å². The average molecular weight is 410 g/mol. The van der Waals surface area contributed by atoms with Crippen LogP contribution in [0.1, 0.15) is 11.1 Å². The van der Waals surface area contributed by atoms with E-state index < -0.39 is 17.6 Å². The van der Waals surface area contributed by atoms with Gasteiger partial charge in [0.2, 0.25) is 11.6 Å². The third-order valence-electron chi connectivity index (χ3n) is 3.85. The second-order valence-corrected chi connectivity index (χ2v) is 5.95. The predicted octanol–water partition coefficient (Wildman–Crippen LogP) is 3.99. The van der Waals surface area contributed by atoms with E-state index >= 15 is 0 Å². The summed E-state index contributed by atoms with van der Waals surface area (Å²) in [5.41, 5.74) is 0.412. The van der Waals surface area contributed by atoms with E-state index in [2.05, 4.69) is 4.99 Å². The largest absolute Gasteiger partial charge is 0.493 e. The van der Waals surface area contributed by atoms with Crippen LogP contribution in [0.25, 0.3) is 6.08 Å². The quantitative estimate of drug-likeness (QED) is 0.424. The molecule has 0 saturated heterocycles. The fraction of sp³-hybridized carbons (Fsp3) is 0.158. The standard InChI is InChI=1S/C19H14ClF2NO5/c1-25-15-5-9(6-16(26-2)17(15)27-3)4-14-19(24)28-18(23-14)10-7-12(21)13(22)8-11(10)20/h4-8H,1-3H3/b14-4+. The van der Waals surface area contributed by atoms with Crippen LogP contribution < -0.4 is 14.2 Å². The molecule has 9 heteroatoms. The third-order valence-corrected chi connectivity index (χ3v) is 4.16. The molecule has 0 unspecified atom stereocenters. The van der Waals surface area contributed by atoms with Crippen molar-refractivity contribution in [3.05, 3.63) is 57.7 Å². The number of carbonyl (C=O) groups excluding carboxylic acids is 1. The normalized spacial score (nSPS) is 14.7. The van der Waals surface area contributed by atoms with Gasteiger partial charge in [0.1, 0.15) is 0 Å². The van der Waals surface area contributed by atoms with Gasteiger partial charge in [-0.25, -0.2) is 18.6 Å². The number of methoxy groups -OCH3 is 3. The summed E-state index contributed by atoms with van der Waals surface area (Å²) in [4.78, 5) is 16.2. The number of carbonyl (C=O) groups is 1. The minimum Gasteiger partial charge on any atom is -0.493 e. The Bertz CT molecular complexity index is 995. The molecule has 0 bridgehead atoms. The lowest BCUT2D eigenvalue weighted by atomic mass is 10.1. The van der Waals surface area contributed by atoms with E-state index in [1.807, 2.05) is 0 Å². The van der Waals surface area contributed by atoms with Crippen LogP contribution in [0.3, 0.4) is 0 Å². The number of aliphatic imine (C=N–C) groups is 1. The molecule has 0 fully saturated rings. The zero-order valence-corrected chi connectivity index (χ0v) is 15.8. The molecule has 0 radical (unpaired) electrons. The van der Waals surface area contributed by atoms with Gasteiger partial charge >= 0.3 is 5.97 Å². The van der Waals surface area contributed by atoms with Crippen LogP contribution in [0.5, 0.6) is 17.2 Å². The zero-order valence-electron chi connectivity index (χ0n) is 15.0. The Labute approximate surface area is 163 Å². The van der Waals surface area contributed by atoms with Crippen molar-refractivity contribution in [2.45, 2.75) is 0 Å². The first-order valence-corrected chi connectivity index (χ1v) is 8.23. The number of benzene rings is 2. The van der Waals surface area contributed by atoms with Gasteiger partial charge in [0.05, 0.1) is 31.9 Å². The first-order valence-electron chi connectivity index (χ1n) is 7.85. The molecule has 0 amide bonds. The maximum absolute atomic E-state index is 13.5. The average Bonchev–Trinajstić information content (AvgIpc) is 3.03. The Balaban J connectivity index is 2.04. The van der Waals surface area contributed by atoms with Crippen LogP contribution in [0.2, 0.25) is 5.02 Å². The Morgan fingerprint density at radius 1 is 1.00 bits per heavy atom. The van der Waals surface area contributed by atoms with E-state index in [9.17, 15) is 13.6 Å². The molecule has 1 aliphatic heterocycles. The molecule has 28 heavy (non-hydrogen) atoms. The Kier molecular flexibility index (Phi) is 5.51. The maximum Gasteiger partial charge on any atom is 0.363 e. The molecule has 0 N–H and O–H groups in total. The molecule has 146 valence electrons. The van der Waals surface area contributed by atoms with E-state index in [4.69, 9.17) is 30.5 Å². The molecule has 1 heterocycles. The van der Waals surface area contributed by atoms with Gasteiger partial charge in [-0.3, -0.25) is 0 Å². The summed E-state index contributed by atoms with van der Waals surface area (Å²) in [6, 6.07) is 4.81. The summed E-state index contributed by atoms with van der Waals surface area (Å²) >= 11 is 5.90. The van der Waals surface area contributed by atoms with Crippen LogP contribution in [0.15, 0.2) is 35.0 Å². The van der Waals surface area contributed by atoms with Gasteiger partial charge in [-0.05, 0) is 35.9 Å². The first kappa shape index (κ1) is 19.6. The molecule has 1 aliphatic rings. The van der Waals surface area contributed by atoms with Gasteiger partial charge in [-0.15, -0.1) is 0 Å². The Hall–Kier alpha value is -3.13. The Morgan fingerprint density at radius 3 is 2.18 bits per heavy atom. The summed E-state index contributed by atoms with van der Waals surface area (Å²) in [5, 5.41) is -0.139. The van der Waals surface area contributed by atoms with Crippen molar-refractivity contribution in [2.75, 3.05) is 21.3 Å². The van der Waals surface area contributed by atoms with Crippen LogP contribution in [0.4, 0.5) is 8.78 Å². The number of hydrogen-bond donors (Lipinski definition) is 0. The topological polar surface area (TPSA) is 66.4 Å². The molecule has 0 saturated carbocycles. The van der Waals surface area contributed by atoms with E-state index in [1.165, 1.54) is 27.4 Å². The number of ether oxygens (including phenoxy) is 4. The molecule has 3 rings (SSSR count). The number of rotatable bonds is 5. The third kappa shape index (κ3) is 3.63. The minimum absolute atomic E-state index is 0.0396. The van der Waals surface area contributed by atoms with Crippen molar-refractivity contribution in [2.24, 2.45) is 4.99 Å². The first-order chi connectivity index (χ1) is 13.4. The van der Waals surface area contributed by atoms with Crippen LogP contribution in [0, 0.1) is 11.6 Å². The zero-order chi connectivity index (χ0) is 20.4. The van der Waals surface area contributed by atoms with Crippen molar-refractivity contribution < 1.29 is 32.5 Å². The lowest BCUT2D eigenvalue weighted by molar-refractivity contribution is -0.129. The summed E-state index contributed by atoms with van der Waals surface area (Å²) in [7, 11) is 4.38. The van der Waals surface area contributed by atoms with Gasteiger partial charge in [-0.1, -0.05) is 11.6 Å². The minimum atomic E-state index is -1.14. The number of esters is 1. The maximum atomic E-state index is 13.5. The highest BCUT2D eigenvalue weighted by molar-refractivity contribution is 6.34. The van der Waals surface area contributed by atoms with Gasteiger partial charge < -0.3 is 18.9 Å². The van der Waals surface area contributed by atoms with E-state index in [1.54, 1.807) is 12.1 Å². The molecular formula is C19H14ClF2NO5.